The van der Waals surface area contributed by atoms with Crippen molar-refractivity contribution in [1.82, 2.24) is 0 Å². The second-order valence-electron chi connectivity index (χ2n) is 18.8. The van der Waals surface area contributed by atoms with E-state index in [2.05, 4.69) is 106 Å². The molecule has 6 heteroatoms. The summed E-state index contributed by atoms with van der Waals surface area (Å²) in [5.41, 5.74) is 0. The molecule has 394 valence electrons. The molecular weight excluding hydrogens is 853 g/mol. The van der Waals surface area contributed by atoms with Crippen molar-refractivity contribution in [2.24, 2.45) is 0 Å². The van der Waals surface area contributed by atoms with Crippen molar-refractivity contribution in [2.45, 2.75) is 271 Å². The summed E-state index contributed by atoms with van der Waals surface area (Å²) in [6.07, 6.45) is 75.7. The van der Waals surface area contributed by atoms with Crippen LogP contribution in [0.1, 0.15) is 265 Å². The van der Waals surface area contributed by atoms with Crippen molar-refractivity contribution < 1.29 is 28.6 Å². The quantitative estimate of drug-likeness (QED) is 0.0262. The maximum absolute atomic E-state index is 12.9. The molecule has 0 aliphatic heterocycles. The molecule has 0 heterocycles. The van der Waals surface area contributed by atoms with E-state index in [0.29, 0.717) is 19.3 Å². The third-order valence-corrected chi connectivity index (χ3v) is 12.1. The van der Waals surface area contributed by atoms with Gasteiger partial charge in [0.15, 0.2) is 6.10 Å². The van der Waals surface area contributed by atoms with Crippen molar-refractivity contribution in [3.8, 4) is 0 Å². The zero-order valence-corrected chi connectivity index (χ0v) is 45.0. The van der Waals surface area contributed by atoms with E-state index in [0.717, 1.165) is 70.6 Å². The van der Waals surface area contributed by atoms with Gasteiger partial charge in [-0.1, -0.05) is 266 Å². The molecule has 0 spiro atoms. The number of hydrogen-bond donors (Lipinski definition) is 0. The highest BCUT2D eigenvalue weighted by molar-refractivity contribution is 5.71. The molecule has 0 rings (SSSR count). The second kappa shape index (κ2) is 56.9. The fourth-order valence-corrected chi connectivity index (χ4v) is 7.82. The summed E-state index contributed by atoms with van der Waals surface area (Å²) in [4.78, 5) is 38.1. The van der Waals surface area contributed by atoms with Gasteiger partial charge in [-0.25, -0.2) is 0 Å². The minimum absolute atomic E-state index is 0.130. The van der Waals surface area contributed by atoms with Crippen LogP contribution in [-0.2, 0) is 28.6 Å². The molecule has 6 nitrogen and oxygen atoms in total. The molecule has 0 N–H and O–H groups in total. The molecular formula is C63H106O6. The number of ether oxygens (including phenoxy) is 3. The van der Waals surface area contributed by atoms with Gasteiger partial charge in [-0.3, -0.25) is 14.4 Å². The summed E-state index contributed by atoms with van der Waals surface area (Å²) in [6, 6.07) is 0. The van der Waals surface area contributed by atoms with Gasteiger partial charge in [0, 0.05) is 19.3 Å². The van der Waals surface area contributed by atoms with Crippen molar-refractivity contribution in [1.29, 1.82) is 0 Å². The lowest BCUT2D eigenvalue weighted by Crippen LogP contribution is -2.30. The number of hydrogen-bond acceptors (Lipinski definition) is 6. The molecule has 0 saturated heterocycles. The van der Waals surface area contributed by atoms with Crippen LogP contribution in [-0.4, -0.2) is 37.2 Å². The number of carbonyl (C=O) groups is 3. The van der Waals surface area contributed by atoms with E-state index in [1.807, 2.05) is 12.2 Å². The summed E-state index contributed by atoms with van der Waals surface area (Å²) in [6.45, 7) is 6.42. The highest BCUT2D eigenvalue weighted by atomic mass is 16.6. The van der Waals surface area contributed by atoms with Crippen LogP contribution >= 0.6 is 0 Å². The Morgan fingerprint density at radius 3 is 0.942 bits per heavy atom. The number of esters is 3. The van der Waals surface area contributed by atoms with Gasteiger partial charge in [0.1, 0.15) is 13.2 Å². The molecule has 0 aliphatic carbocycles. The Labute approximate surface area is 426 Å². The monoisotopic (exact) mass is 959 g/mol. The highest BCUT2D eigenvalue weighted by Crippen LogP contribution is 2.16. The van der Waals surface area contributed by atoms with Crippen LogP contribution in [0.15, 0.2) is 97.2 Å². The van der Waals surface area contributed by atoms with Gasteiger partial charge in [-0.15, -0.1) is 0 Å². The van der Waals surface area contributed by atoms with Gasteiger partial charge in [-0.2, -0.15) is 0 Å². The summed E-state index contributed by atoms with van der Waals surface area (Å²) < 4.78 is 16.7. The van der Waals surface area contributed by atoms with Crippen LogP contribution in [0.4, 0.5) is 0 Å². The Morgan fingerprint density at radius 1 is 0.304 bits per heavy atom. The minimum Gasteiger partial charge on any atom is -0.462 e. The van der Waals surface area contributed by atoms with Gasteiger partial charge in [-0.05, 0) is 77.0 Å². The van der Waals surface area contributed by atoms with Gasteiger partial charge in [0.25, 0.3) is 0 Å². The summed E-state index contributed by atoms with van der Waals surface area (Å²) in [7, 11) is 0. The van der Waals surface area contributed by atoms with Crippen LogP contribution in [0.2, 0.25) is 0 Å². The smallest absolute Gasteiger partial charge is 0.306 e. The van der Waals surface area contributed by atoms with E-state index in [1.165, 1.54) is 141 Å². The standard InChI is InChI=1S/C63H106O6/c1-4-7-10-13-16-19-22-25-27-29-31-33-35-38-41-44-47-50-53-56-62(65)68-59-60(58-67-61(64)55-52-49-46-43-40-37-24-21-18-15-12-9-6-3)69-63(66)57-54-51-48-45-42-39-36-34-32-30-28-26-23-20-17-14-11-8-5-2/h7,10,16,19,25,27,31,33,37-38,40-41,46-47,49-50,60H,4-6,8-9,11-15,17-18,20-24,26,28-30,32,34-36,39,42-45,48,51-59H2,1-3H3/b10-7-,19-16-,27-25-,33-31-,40-37-,41-38-,49-46-,50-47-. The first-order chi connectivity index (χ1) is 34.0. The molecule has 0 bridgehead atoms. The summed E-state index contributed by atoms with van der Waals surface area (Å²) in [5, 5.41) is 0. The minimum atomic E-state index is -0.830. The summed E-state index contributed by atoms with van der Waals surface area (Å²) >= 11 is 0. The SMILES string of the molecule is CC/C=C\C/C=C\C/C=C\C/C=C\C/C=C\C/C=C\CCC(=O)OCC(COC(=O)CC/C=C\C/C=C\CCCCCCCC)OC(=O)CCCCCCCCCCCCCCCCCCCCC. The third-order valence-electron chi connectivity index (χ3n) is 12.1. The van der Waals surface area contributed by atoms with E-state index in [9.17, 15) is 14.4 Å². The van der Waals surface area contributed by atoms with E-state index >= 15 is 0 Å². The lowest BCUT2D eigenvalue weighted by Gasteiger charge is -2.18. The zero-order valence-electron chi connectivity index (χ0n) is 45.0. The van der Waals surface area contributed by atoms with Crippen molar-refractivity contribution >= 4 is 17.9 Å². The molecule has 1 atom stereocenters. The molecule has 1 unspecified atom stereocenters. The second-order valence-corrected chi connectivity index (χ2v) is 18.8. The first-order valence-corrected chi connectivity index (χ1v) is 28.7. The highest BCUT2D eigenvalue weighted by Gasteiger charge is 2.19. The van der Waals surface area contributed by atoms with Crippen molar-refractivity contribution in [3.63, 3.8) is 0 Å². The average molecular weight is 960 g/mol. The Balaban J connectivity index is 4.51. The Morgan fingerprint density at radius 2 is 0.594 bits per heavy atom. The fourth-order valence-electron chi connectivity index (χ4n) is 7.82. The fraction of sp³-hybridized carbons (Fsp3) is 0.698. The van der Waals surface area contributed by atoms with Crippen LogP contribution < -0.4 is 0 Å². The maximum atomic E-state index is 12.9. The molecule has 0 fully saturated rings. The maximum Gasteiger partial charge on any atom is 0.306 e. The van der Waals surface area contributed by atoms with Crippen LogP contribution in [0, 0.1) is 0 Å². The molecule has 0 aromatic rings. The normalized spacial score (nSPS) is 12.8. The van der Waals surface area contributed by atoms with Crippen LogP contribution in [0.5, 0.6) is 0 Å². The number of unbranched alkanes of at least 4 members (excludes halogenated alkanes) is 24. The van der Waals surface area contributed by atoms with Gasteiger partial charge in [0.2, 0.25) is 0 Å². The van der Waals surface area contributed by atoms with E-state index in [4.69, 9.17) is 14.2 Å². The van der Waals surface area contributed by atoms with Gasteiger partial charge < -0.3 is 14.2 Å². The predicted molar refractivity (Wildman–Crippen MR) is 297 cm³/mol. The molecule has 0 amide bonds. The molecule has 0 saturated carbocycles. The summed E-state index contributed by atoms with van der Waals surface area (Å²) in [5.74, 6) is -1.07. The topological polar surface area (TPSA) is 78.9 Å². The zero-order chi connectivity index (χ0) is 50.0. The van der Waals surface area contributed by atoms with Gasteiger partial charge >= 0.3 is 17.9 Å². The van der Waals surface area contributed by atoms with E-state index < -0.39 is 6.10 Å². The number of rotatable bonds is 51. The van der Waals surface area contributed by atoms with E-state index in [-0.39, 0.29) is 44.0 Å². The van der Waals surface area contributed by atoms with Crippen molar-refractivity contribution in [3.05, 3.63) is 97.2 Å². The first kappa shape index (κ1) is 65.3. The van der Waals surface area contributed by atoms with Crippen LogP contribution in [0.25, 0.3) is 0 Å². The molecule has 0 aromatic heterocycles. The van der Waals surface area contributed by atoms with Crippen molar-refractivity contribution in [2.75, 3.05) is 13.2 Å². The molecule has 0 radical (unpaired) electrons. The molecule has 69 heavy (non-hydrogen) atoms. The Hall–Kier alpha value is -3.67. The van der Waals surface area contributed by atoms with E-state index in [1.54, 1.807) is 0 Å². The third kappa shape index (κ3) is 55.1. The van der Waals surface area contributed by atoms with Crippen LogP contribution in [0.3, 0.4) is 0 Å². The molecule has 0 aliphatic rings. The Kier molecular flexibility index (Phi) is 53.9. The molecule has 0 aromatic carbocycles. The Bertz CT molecular complexity index is 1380. The average Bonchev–Trinajstić information content (AvgIpc) is 3.35. The number of carbonyl (C=O) groups excluding carboxylic acids is 3. The largest absolute Gasteiger partial charge is 0.462 e. The van der Waals surface area contributed by atoms with Gasteiger partial charge in [0.05, 0.1) is 0 Å². The lowest BCUT2D eigenvalue weighted by atomic mass is 10.0. The first-order valence-electron chi connectivity index (χ1n) is 28.7. The number of allylic oxidation sites excluding steroid dienone is 16. The lowest BCUT2D eigenvalue weighted by molar-refractivity contribution is -0.166. The predicted octanol–water partition coefficient (Wildman–Crippen LogP) is 19.3.